The Morgan fingerprint density at radius 3 is 2.64 bits per heavy atom. The van der Waals surface area contributed by atoms with Gasteiger partial charge in [-0.2, -0.15) is 18.3 Å². The number of rotatable bonds is 5. The van der Waals surface area contributed by atoms with E-state index in [2.05, 4.69) is 15.3 Å². The first-order valence-electron chi connectivity index (χ1n) is 8.74. The third kappa shape index (κ3) is 4.74. The SMILES string of the molecule is Cc1c(C(=O)NCCC(C)C)c(C(F)(F)F)nn1C1CCCN(C)C1. The largest absolute Gasteiger partial charge is 0.435 e. The van der Waals surface area contributed by atoms with E-state index in [1.807, 2.05) is 20.9 Å². The Balaban J connectivity index is 2.32. The van der Waals surface area contributed by atoms with Gasteiger partial charge < -0.3 is 10.2 Å². The summed E-state index contributed by atoms with van der Waals surface area (Å²) >= 11 is 0. The van der Waals surface area contributed by atoms with Crippen LogP contribution in [0.25, 0.3) is 0 Å². The van der Waals surface area contributed by atoms with Gasteiger partial charge in [-0.05, 0) is 45.7 Å². The van der Waals surface area contributed by atoms with Gasteiger partial charge in [0.05, 0.1) is 11.6 Å². The third-order valence-corrected chi connectivity index (χ3v) is 4.60. The topological polar surface area (TPSA) is 50.2 Å². The lowest BCUT2D eigenvalue weighted by atomic mass is 10.1. The molecule has 0 aromatic carbocycles. The summed E-state index contributed by atoms with van der Waals surface area (Å²) in [7, 11) is 1.94. The summed E-state index contributed by atoms with van der Waals surface area (Å²) in [6, 6.07) is -0.142. The van der Waals surface area contributed by atoms with Crippen molar-refractivity contribution in [3.05, 3.63) is 17.0 Å². The first-order valence-corrected chi connectivity index (χ1v) is 8.74. The van der Waals surface area contributed by atoms with Gasteiger partial charge in [0.25, 0.3) is 5.91 Å². The van der Waals surface area contributed by atoms with Crippen molar-refractivity contribution in [3.63, 3.8) is 0 Å². The van der Waals surface area contributed by atoms with Crippen LogP contribution in [0.2, 0.25) is 0 Å². The van der Waals surface area contributed by atoms with Crippen LogP contribution in [-0.2, 0) is 6.18 Å². The molecule has 1 aliphatic rings. The smallest absolute Gasteiger partial charge is 0.352 e. The predicted octanol–water partition coefficient (Wildman–Crippen LogP) is 3.25. The van der Waals surface area contributed by atoms with Crippen LogP contribution < -0.4 is 5.32 Å². The lowest BCUT2D eigenvalue weighted by molar-refractivity contribution is -0.142. The maximum Gasteiger partial charge on any atom is 0.435 e. The molecule has 1 fully saturated rings. The monoisotopic (exact) mass is 360 g/mol. The van der Waals surface area contributed by atoms with Gasteiger partial charge in [0.1, 0.15) is 0 Å². The number of nitrogens with one attached hydrogen (secondary N) is 1. The second-order valence-electron chi connectivity index (χ2n) is 7.25. The highest BCUT2D eigenvalue weighted by molar-refractivity contribution is 5.96. The van der Waals surface area contributed by atoms with Crippen molar-refractivity contribution in [2.45, 2.75) is 52.3 Å². The van der Waals surface area contributed by atoms with Gasteiger partial charge in [0.2, 0.25) is 0 Å². The number of nitrogens with zero attached hydrogens (tertiary/aromatic N) is 3. The summed E-state index contributed by atoms with van der Waals surface area (Å²) in [5, 5.41) is 6.41. The summed E-state index contributed by atoms with van der Waals surface area (Å²) in [6.07, 6.45) is -2.27. The Morgan fingerprint density at radius 1 is 1.40 bits per heavy atom. The predicted molar refractivity (Wildman–Crippen MR) is 89.5 cm³/mol. The van der Waals surface area contributed by atoms with E-state index in [4.69, 9.17) is 0 Å². The first kappa shape index (κ1) is 19.8. The third-order valence-electron chi connectivity index (χ3n) is 4.60. The maximum atomic E-state index is 13.4. The molecule has 1 aromatic rings. The number of hydrogen-bond acceptors (Lipinski definition) is 3. The van der Waals surface area contributed by atoms with Gasteiger partial charge in [-0.25, -0.2) is 0 Å². The lowest BCUT2D eigenvalue weighted by Gasteiger charge is -2.30. The van der Waals surface area contributed by atoms with E-state index in [1.54, 1.807) is 6.92 Å². The molecule has 1 amide bonds. The normalized spacial score (nSPS) is 19.4. The number of carbonyl (C=O) groups is 1. The molecule has 1 aliphatic heterocycles. The van der Waals surface area contributed by atoms with Crippen LogP contribution >= 0.6 is 0 Å². The number of alkyl halides is 3. The minimum absolute atomic E-state index is 0.142. The molecule has 1 saturated heterocycles. The van der Waals surface area contributed by atoms with Crippen molar-refractivity contribution in [1.29, 1.82) is 0 Å². The van der Waals surface area contributed by atoms with Crippen molar-refractivity contribution in [1.82, 2.24) is 20.0 Å². The molecule has 1 aromatic heterocycles. The highest BCUT2D eigenvalue weighted by Crippen LogP contribution is 2.34. The number of likely N-dealkylation sites (N-methyl/N-ethyl adjacent to an activating group) is 1. The van der Waals surface area contributed by atoms with Gasteiger partial charge >= 0.3 is 6.18 Å². The number of piperidine rings is 1. The van der Waals surface area contributed by atoms with E-state index in [9.17, 15) is 18.0 Å². The summed E-state index contributed by atoms with van der Waals surface area (Å²) in [6.45, 7) is 7.45. The van der Waals surface area contributed by atoms with Crippen LogP contribution in [0.3, 0.4) is 0 Å². The number of carbonyl (C=O) groups excluding carboxylic acids is 1. The number of halogens is 3. The fourth-order valence-corrected chi connectivity index (χ4v) is 3.25. The standard InChI is InChI=1S/C17H27F3N4O/c1-11(2)7-8-21-16(25)14-12(3)24(22-15(14)17(18,19)20)13-6-5-9-23(4)10-13/h11,13H,5-10H2,1-4H3,(H,21,25). The maximum absolute atomic E-state index is 13.4. The summed E-state index contributed by atoms with van der Waals surface area (Å²) in [5.41, 5.74) is -1.14. The van der Waals surface area contributed by atoms with E-state index in [1.165, 1.54) is 4.68 Å². The lowest BCUT2D eigenvalue weighted by Crippen LogP contribution is -2.34. The molecule has 25 heavy (non-hydrogen) atoms. The molecule has 1 atom stereocenters. The number of aromatic nitrogens is 2. The number of amides is 1. The van der Waals surface area contributed by atoms with Gasteiger partial charge in [-0.3, -0.25) is 9.48 Å². The number of likely N-dealkylation sites (tertiary alicyclic amines) is 1. The molecule has 0 spiro atoms. The zero-order chi connectivity index (χ0) is 18.8. The second-order valence-corrected chi connectivity index (χ2v) is 7.25. The van der Waals surface area contributed by atoms with Gasteiger partial charge in [0.15, 0.2) is 5.69 Å². The van der Waals surface area contributed by atoms with Crippen LogP contribution in [0.15, 0.2) is 0 Å². The fourth-order valence-electron chi connectivity index (χ4n) is 3.25. The highest BCUT2D eigenvalue weighted by atomic mass is 19.4. The van der Waals surface area contributed by atoms with Crippen molar-refractivity contribution in [2.75, 3.05) is 26.7 Å². The van der Waals surface area contributed by atoms with E-state index in [0.29, 0.717) is 25.4 Å². The molecule has 1 unspecified atom stereocenters. The highest BCUT2D eigenvalue weighted by Gasteiger charge is 2.41. The number of hydrogen-bond donors (Lipinski definition) is 1. The summed E-state index contributed by atoms with van der Waals surface area (Å²) < 4.78 is 41.7. The van der Waals surface area contributed by atoms with Gasteiger partial charge in [-0.15, -0.1) is 0 Å². The van der Waals surface area contributed by atoms with E-state index < -0.39 is 17.8 Å². The van der Waals surface area contributed by atoms with Crippen LogP contribution in [0, 0.1) is 12.8 Å². The Morgan fingerprint density at radius 2 is 2.08 bits per heavy atom. The van der Waals surface area contributed by atoms with Crippen molar-refractivity contribution in [2.24, 2.45) is 5.92 Å². The molecule has 8 heteroatoms. The van der Waals surface area contributed by atoms with Crippen LogP contribution in [-0.4, -0.2) is 47.3 Å². The molecule has 0 aliphatic carbocycles. The average Bonchev–Trinajstić information content (AvgIpc) is 2.84. The van der Waals surface area contributed by atoms with Gasteiger partial charge in [-0.1, -0.05) is 13.8 Å². The molecule has 0 bridgehead atoms. The molecule has 2 heterocycles. The molecule has 142 valence electrons. The quantitative estimate of drug-likeness (QED) is 0.877. The molecule has 2 rings (SSSR count). The minimum Gasteiger partial charge on any atom is -0.352 e. The molecule has 0 radical (unpaired) electrons. The van der Waals surface area contributed by atoms with E-state index in [-0.39, 0.29) is 17.3 Å². The van der Waals surface area contributed by atoms with E-state index in [0.717, 1.165) is 19.4 Å². The minimum atomic E-state index is -4.65. The van der Waals surface area contributed by atoms with Crippen molar-refractivity contribution >= 4 is 5.91 Å². The molecule has 1 N–H and O–H groups in total. The van der Waals surface area contributed by atoms with Crippen molar-refractivity contribution < 1.29 is 18.0 Å². The summed E-state index contributed by atoms with van der Waals surface area (Å²) in [4.78, 5) is 14.5. The zero-order valence-electron chi connectivity index (χ0n) is 15.3. The van der Waals surface area contributed by atoms with E-state index >= 15 is 0 Å². The Hall–Kier alpha value is -1.57. The van der Waals surface area contributed by atoms with Crippen LogP contribution in [0.4, 0.5) is 13.2 Å². The first-order chi connectivity index (χ1) is 11.6. The fraction of sp³-hybridized carbons (Fsp3) is 0.765. The van der Waals surface area contributed by atoms with Crippen LogP contribution in [0.1, 0.15) is 60.9 Å². The molecule has 5 nitrogen and oxygen atoms in total. The average molecular weight is 360 g/mol. The van der Waals surface area contributed by atoms with Crippen LogP contribution in [0.5, 0.6) is 0 Å². The zero-order valence-corrected chi connectivity index (χ0v) is 15.3. The summed E-state index contributed by atoms with van der Waals surface area (Å²) in [5.74, 6) is -0.329. The Kier molecular flexibility index (Phi) is 6.13. The molecular weight excluding hydrogens is 333 g/mol. The second kappa shape index (κ2) is 7.76. The molecular formula is C17H27F3N4O. The van der Waals surface area contributed by atoms with Crippen molar-refractivity contribution in [3.8, 4) is 0 Å². The van der Waals surface area contributed by atoms with Gasteiger partial charge in [0, 0.05) is 18.8 Å². The Labute approximate surface area is 146 Å². The Bertz CT molecular complexity index is 610. The molecule has 0 saturated carbocycles.